The summed E-state index contributed by atoms with van der Waals surface area (Å²) in [7, 11) is 0. The van der Waals surface area contributed by atoms with Gasteiger partial charge in [0.15, 0.2) is 0 Å². The molecular formula is C25H36N2O2. The molecule has 1 aromatic rings. The van der Waals surface area contributed by atoms with E-state index in [2.05, 4.69) is 18.8 Å². The maximum Gasteiger partial charge on any atom is 0.140 e. The van der Waals surface area contributed by atoms with Crippen LogP contribution in [0, 0.1) is 23.7 Å². The highest BCUT2D eigenvalue weighted by molar-refractivity contribution is 5.97. The van der Waals surface area contributed by atoms with Gasteiger partial charge in [-0.2, -0.15) is 0 Å². The van der Waals surface area contributed by atoms with Crippen LogP contribution in [0.5, 0.6) is 0 Å². The predicted octanol–water partition coefficient (Wildman–Crippen LogP) is 4.93. The molecule has 3 aliphatic rings. The van der Waals surface area contributed by atoms with Crippen LogP contribution in [0.3, 0.4) is 0 Å². The first kappa shape index (κ1) is 20.7. The van der Waals surface area contributed by atoms with Crippen LogP contribution in [0.2, 0.25) is 0 Å². The standard InChI is InChI=1S/C25H36N2O2/c1-16(2)18-8-6-17(7-9-18)13-21-25-22(27-15-26-21)14-19-10-11-20(24(19)25)23(29)5-3-4-12-28/h15-18,20,28H,3-14H2,1-2H3. The largest absolute Gasteiger partial charge is 0.396 e. The molecule has 4 nitrogen and oxygen atoms in total. The number of unbranched alkanes of at least 4 members (excludes halogenated alkanes) is 1. The minimum Gasteiger partial charge on any atom is -0.396 e. The molecule has 1 unspecified atom stereocenters. The highest BCUT2D eigenvalue weighted by Crippen LogP contribution is 2.48. The van der Waals surface area contributed by atoms with Crippen LogP contribution < -0.4 is 0 Å². The molecule has 0 aromatic carbocycles. The molecule has 1 atom stereocenters. The Morgan fingerprint density at radius 1 is 1.14 bits per heavy atom. The molecule has 4 rings (SSSR count). The maximum absolute atomic E-state index is 12.9. The van der Waals surface area contributed by atoms with Crippen molar-refractivity contribution in [2.45, 2.75) is 84.5 Å². The Kier molecular flexibility index (Phi) is 6.48. The number of allylic oxidation sites excluding steroid dienone is 2. The fourth-order valence-electron chi connectivity index (χ4n) is 5.88. The van der Waals surface area contributed by atoms with Gasteiger partial charge in [-0.25, -0.2) is 9.97 Å². The fourth-order valence-corrected chi connectivity index (χ4v) is 5.88. The molecule has 0 radical (unpaired) electrons. The van der Waals surface area contributed by atoms with E-state index in [0.717, 1.165) is 49.6 Å². The number of carbonyl (C=O) groups excluding carboxylic acids is 1. The molecule has 158 valence electrons. The average Bonchev–Trinajstić information content (AvgIpc) is 3.28. The van der Waals surface area contributed by atoms with E-state index in [1.54, 1.807) is 6.33 Å². The first-order chi connectivity index (χ1) is 14.1. The summed E-state index contributed by atoms with van der Waals surface area (Å²) in [6.07, 6.45) is 13.1. The Balaban J connectivity index is 1.49. The molecule has 1 aromatic heterocycles. The second kappa shape index (κ2) is 9.07. The molecule has 1 heterocycles. The second-order valence-electron chi connectivity index (χ2n) is 9.80. The van der Waals surface area contributed by atoms with Crippen LogP contribution >= 0.6 is 0 Å². The second-order valence-corrected chi connectivity index (χ2v) is 9.80. The van der Waals surface area contributed by atoms with Gasteiger partial charge in [-0.15, -0.1) is 0 Å². The minimum atomic E-state index is 0.0337. The quantitative estimate of drug-likeness (QED) is 0.633. The first-order valence-corrected chi connectivity index (χ1v) is 11.8. The highest BCUT2D eigenvalue weighted by Gasteiger charge is 2.38. The molecule has 0 amide bonds. The molecule has 3 aliphatic carbocycles. The van der Waals surface area contributed by atoms with Crippen LogP contribution in [0.1, 0.15) is 88.6 Å². The first-order valence-electron chi connectivity index (χ1n) is 11.8. The zero-order valence-electron chi connectivity index (χ0n) is 18.1. The zero-order chi connectivity index (χ0) is 20.4. The molecule has 1 fully saturated rings. The van der Waals surface area contributed by atoms with Crippen molar-refractivity contribution in [2.24, 2.45) is 23.7 Å². The van der Waals surface area contributed by atoms with E-state index < -0.39 is 0 Å². The molecule has 0 saturated heterocycles. The summed E-state index contributed by atoms with van der Waals surface area (Å²) in [6, 6.07) is 0. The molecular weight excluding hydrogens is 360 g/mol. The van der Waals surface area contributed by atoms with Crippen LogP contribution in [-0.4, -0.2) is 27.5 Å². The van der Waals surface area contributed by atoms with Crippen molar-refractivity contribution in [3.63, 3.8) is 0 Å². The predicted molar refractivity (Wildman–Crippen MR) is 115 cm³/mol. The van der Waals surface area contributed by atoms with Crippen molar-refractivity contribution >= 4 is 11.4 Å². The topological polar surface area (TPSA) is 63.1 Å². The number of aliphatic hydroxyl groups is 1. The van der Waals surface area contributed by atoms with E-state index >= 15 is 0 Å². The number of Topliss-reactive ketones (excluding diaryl/α,β-unsaturated/α-hetero) is 1. The molecule has 0 aliphatic heterocycles. The van der Waals surface area contributed by atoms with Gasteiger partial charge in [-0.05, 0) is 81.1 Å². The van der Waals surface area contributed by atoms with Crippen LogP contribution in [0.25, 0.3) is 5.57 Å². The van der Waals surface area contributed by atoms with Crippen LogP contribution in [0.4, 0.5) is 0 Å². The summed E-state index contributed by atoms with van der Waals surface area (Å²) >= 11 is 0. The van der Waals surface area contributed by atoms with Gasteiger partial charge in [0.1, 0.15) is 12.1 Å². The minimum absolute atomic E-state index is 0.0337. The van der Waals surface area contributed by atoms with Crippen molar-refractivity contribution in [1.82, 2.24) is 9.97 Å². The maximum atomic E-state index is 12.9. The Morgan fingerprint density at radius 2 is 1.93 bits per heavy atom. The summed E-state index contributed by atoms with van der Waals surface area (Å²) in [4.78, 5) is 22.3. The molecule has 0 bridgehead atoms. The van der Waals surface area contributed by atoms with Crippen molar-refractivity contribution in [2.75, 3.05) is 6.61 Å². The van der Waals surface area contributed by atoms with Gasteiger partial charge in [-0.3, -0.25) is 4.79 Å². The number of aliphatic hydroxyl groups excluding tert-OH is 1. The molecule has 29 heavy (non-hydrogen) atoms. The monoisotopic (exact) mass is 396 g/mol. The highest BCUT2D eigenvalue weighted by atomic mass is 16.2. The molecule has 4 heteroatoms. The third-order valence-electron chi connectivity index (χ3n) is 7.65. The zero-order valence-corrected chi connectivity index (χ0v) is 18.1. The van der Waals surface area contributed by atoms with Crippen molar-refractivity contribution in [3.05, 3.63) is 28.9 Å². The third kappa shape index (κ3) is 4.33. The Bertz CT molecular complexity index is 775. The third-order valence-corrected chi connectivity index (χ3v) is 7.65. The van der Waals surface area contributed by atoms with Gasteiger partial charge in [0.05, 0.1) is 11.4 Å². The fraction of sp³-hybridized carbons (Fsp3) is 0.720. The SMILES string of the molecule is CC(C)C1CCC(Cc2ncnc3c2C2=C(CCC2C(=O)CCCCO)C3)CC1. The van der Waals surface area contributed by atoms with E-state index in [-0.39, 0.29) is 12.5 Å². The number of hydrogen-bond donors (Lipinski definition) is 1. The van der Waals surface area contributed by atoms with Gasteiger partial charge in [0.25, 0.3) is 0 Å². The van der Waals surface area contributed by atoms with Crippen LogP contribution in [-0.2, 0) is 17.6 Å². The number of ketones is 1. The van der Waals surface area contributed by atoms with Gasteiger partial charge >= 0.3 is 0 Å². The molecule has 1 saturated carbocycles. The summed E-state index contributed by atoms with van der Waals surface area (Å²) < 4.78 is 0. The van der Waals surface area contributed by atoms with Crippen molar-refractivity contribution in [3.8, 4) is 0 Å². The van der Waals surface area contributed by atoms with Gasteiger partial charge < -0.3 is 5.11 Å². The van der Waals surface area contributed by atoms with Crippen LogP contribution in [0.15, 0.2) is 11.9 Å². The summed E-state index contributed by atoms with van der Waals surface area (Å²) in [6.45, 7) is 4.88. The molecule has 1 N–H and O–H groups in total. The van der Waals surface area contributed by atoms with E-state index in [1.165, 1.54) is 48.1 Å². The number of nitrogens with zero attached hydrogens (tertiary/aromatic N) is 2. The number of rotatable bonds is 8. The number of fused-ring (bicyclic) bond motifs is 2. The van der Waals surface area contributed by atoms with Crippen molar-refractivity contribution < 1.29 is 9.90 Å². The number of aromatic nitrogens is 2. The summed E-state index contributed by atoms with van der Waals surface area (Å²) in [5.74, 6) is 2.78. The lowest BCUT2D eigenvalue weighted by molar-refractivity contribution is -0.121. The lowest BCUT2D eigenvalue weighted by atomic mass is 9.75. The Labute approximate surface area is 175 Å². The lowest BCUT2D eigenvalue weighted by Gasteiger charge is -2.31. The van der Waals surface area contributed by atoms with Gasteiger partial charge in [-0.1, -0.05) is 19.4 Å². The van der Waals surface area contributed by atoms with Gasteiger partial charge in [0.2, 0.25) is 0 Å². The number of hydrogen-bond acceptors (Lipinski definition) is 4. The van der Waals surface area contributed by atoms with E-state index in [4.69, 9.17) is 10.1 Å². The summed E-state index contributed by atoms with van der Waals surface area (Å²) in [5.41, 5.74) is 6.32. The van der Waals surface area contributed by atoms with Crippen molar-refractivity contribution in [1.29, 1.82) is 0 Å². The Morgan fingerprint density at radius 3 is 2.66 bits per heavy atom. The lowest BCUT2D eigenvalue weighted by Crippen LogP contribution is -2.21. The van der Waals surface area contributed by atoms with E-state index in [0.29, 0.717) is 24.5 Å². The average molecular weight is 397 g/mol. The smallest absolute Gasteiger partial charge is 0.140 e. The number of carbonyl (C=O) groups is 1. The summed E-state index contributed by atoms with van der Waals surface area (Å²) in [5, 5.41) is 9.03. The van der Waals surface area contributed by atoms with E-state index in [9.17, 15) is 4.79 Å². The molecule has 0 spiro atoms. The Hall–Kier alpha value is -1.55. The van der Waals surface area contributed by atoms with E-state index in [1.807, 2.05) is 0 Å². The normalized spacial score (nSPS) is 26.1. The van der Waals surface area contributed by atoms with Gasteiger partial charge in [0, 0.05) is 30.9 Å².